The normalized spacial score (nSPS) is 11.3. The fraction of sp³-hybridized carbons (Fsp3) is 0.500. The molecular weight excluding hydrogens is 320 g/mol. The summed E-state index contributed by atoms with van der Waals surface area (Å²) in [5.74, 6) is 1.55. The number of hydrogen-bond donors (Lipinski definition) is 1. The first-order valence-electron chi connectivity index (χ1n) is 8.23. The second-order valence-corrected chi connectivity index (χ2v) is 7.61. The van der Waals surface area contributed by atoms with E-state index < -0.39 is 0 Å². The van der Waals surface area contributed by atoms with Gasteiger partial charge in [0.15, 0.2) is 5.16 Å². The second kappa shape index (κ2) is 7.83. The molecule has 0 aliphatic carbocycles. The van der Waals surface area contributed by atoms with Crippen LogP contribution >= 0.6 is 11.8 Å². The summed E-state index contributed by atoms with van der Waals surface area (Å²) in [5, 5.41) is 12.3. The highest BCUT2D eigenvalue weighted by Crippen LogP contribution is 2.25. The molecule has 0 unspecified atom stereocenters. The van der Waals surface area contributed by atoms with E-state index in [1.807, 2.05) is 26.0 Å². The van der Waals surface area contributed by atoms with Crippen LogP contribution in [0.3, 0.4) is 0 Å². The number of thioether (sulfide) groups is 1. The maximum absolute atomic E-state index is 12.2. The molecular formula is C18H26N4OS. The molecule has 0 aliphatic rings. The van der Waals surface area contributed by atoms with Crippen molar-refractivity contribution in [3.8, 4) is 0 Å². The van der Waals surface area contributed by atoms with Crippen LogP contribution in [0.1, 0.15) is 56.6 Å². The third kappa shape index (κ3) is 4.60. The average Bonchev–Trinajstić information content (AvgIpc) is 2.88. The van der Waals surface area contributed by atoms with E-state index in [1.165, 1.54) is 11.8 Å². The van der Waals surface area contributed by atoms with Gasteiger partial charge in [-0.1, -0.05) is 31.7 Å². The Morgan fingerprint density at radius 3 is 2.29 bits per heavy atom. The van der Waals surface area contributed by atoms with Gasteiger partial charge in [-0.3, -0.25) is 4.79 Å². The quantitative estimate of drug-likeness (QED) is 0.791. The summed E-state index contributed by atoms with van der Waals surface area (Å²) in [6.07, 6.45) is 0. The molecule has 0 fully saturated rings. The number of carbonyl (C=O) groups excluding carboxylic acids is 1. The number of aromatic nitrogens is 3. The molecule has 130 valence electrons. The zero-order valence-electron chi connectivity index (χ0n) is 15.3. The number of hydrogen-bond acceptors (Lipinski definition) is 4. The van der Waals surface area contributed by atoms with Crippen molar-refractivity contribution in [3.05, 3.63) is 35.2 Å². The lowest BCUT2D eigenvalue weighted by atomic mass is 10.1. The van der Waals surface area contributed by atoms with Crippen molar-refractivity contribution < 1.29 is 4.79 Å². The van der Waals surface area contributed by atoms with Crippen molar-refractivity contribution in [3.63, 3.8) is 0 Å². The molecule has 0 saturated carbocycles. The molecule has 5 nitrogen and oxygen atoms in total. The van der Waals surface area contributed by atoms with Crippen molar-refractivity contribution in [1.82, 2.24) is 14.8 Å². The number of aryl methyl sites for hydroxylation is 2. The van der Waals surface area contributed by atoms with Crippen LogP contribution in [0.15, 0.2) is 23.4 Å². The third-order valence-electron chi connectivity index (χ3n) is 3.56. The van der Waals surface area contributed by atoms with Crippen LogP contribution in [0.2, 0.25) is 0 Å². The molecule has 0 saturated heterocycles. The molecule has 0 spiro atoms. The third-order valence-corrected chi connectivity index (χ3v) is 4.50. The van der Waals surface area contributed by atoms with E-state index in [1.54, 1.807) is 0 Å². The lowest BCUT2D eigenvalue weighted by molar-refractivity contribution is -0.113. The van der Waals surface area contributed by atoms with Gasteiger partial charge in [0.2, 0.25) is 5.91 Å². The van der Waals surface area contributed by atoms with Gasteiger partial charge in [0.05, 0.1) is 5.75 Å². The van der Waals surface area contributed by atoms with Crippen LogP contribution in [0.4, 0.5) is 5.69 Å². The first-order chi connectivity index (χ1) is 11.3. The smallest absolute Gasteiger partial charge is 0.234 e. The molecule has 0 bridgehead atoms. The molecule has 0 aliphatic heterocycles. The molecule has 1 aromatic heterocycles. The van der Waals surface area contributed by atoms with Crippen LogP contribution < -0.4 is 5.32 Å². The minimum Gasteiger partial charge on any atom is -0.325 e. The molecule has 2 aromatic rings. The fourth-order valence-corrected chi connectivity index (χ4v) is 3.51. The Bertz CT molecular complexity index is 702. The van der Waals surface area contributed by atoms with Crippen molar-refractivity contribution in [1.29, 1.82) is 0 Å². The van der Waals surface area contributed by atoms with Gasteiger partial charge in [0.1, 0.15) is 5.82 Å². The molecule has 0 radical (unpaired) electrons. The van der Waals surface area contributed by atoms with Gasteiger partial charge in [-0.25, -0.2) is 0 Å². The molecule has 1 N–H and O–H groups in total. The van der Waals surface area contributed by atoms with Crippen LogP contribution in [-0.2, 0) is 4.79 Å². The Balaban J connectivity index is 2.04. The second-order valence-electron chi connectivity index (χ2n) is 6.67. The zero-order valence-corrected chi connectivity index (χ0v) is 16.1. The maximum Gasteiger partial charge on any atom is 0.234 e. The van der Waals surface area contributed by atoms with E-state index in [2.05, 4.69) is 53.8 Å². The lowest BCUT2D eigenvalue weighted by Crippen LogP contribution is -2.15. The summed E-state index contributed by atoms with van der Waals surface area (Å²) in [6.45, 7) is 12.5. The van der Waals surface area contributed by atoms with Crippen LogP contribution in [0.5, 0.6) is 0 Å². The van der Waals surface area contributed by atoms with Crippen molar-refractivity contribution in [2.75, 3.05) is 11.1 Å². The number of nitrogens with zero attached hydrogens (tertiary/aromatic N) is 3. The van der Waals surface area contributed by atoms with E-state index >= 15 is 0 Å². The van der Waals surface area contributed by atoms with E-state index in [4.69, 9.17) is 0 Å². The molecule has 24 heavy (non-hydrogen) atoms. The number of nitrogens with one attached hydrogen (secondary N) is 1. The summed E-state index contributed by atoms with van der Waals surface area (Å²) >= 11 is 1.43. The summed E-state index contributed by atoms with van der Waals surface area (Å²) in [5.41, 5.74) is 3.12. The largest absolute Gasteiger partial charge is 0.325 e. The number of benzene rings is 1. The monoisotopic (exact) mass is 346 g/mol. The number of amides is 1. The predicted octanol–water partition coefficient (Wildman–Crippen LogP) is 4.33. The van der Waals surface area contributed by atoms with Crippen molar-refractivity contribution >= 4 is 23.4 Å². The lowest BCUT2D eigenvalue weighted by Gasteiger charge is -2.15. The van der Waals surface area contributed by atoms with Crippen molar-refractivity contribution in [2.45, 2.75) is 58.7 Å². The van der Waals surface area contributed by atoms with Gasteiger partial charge in [-0.15, -0.1) is 10.2 Å². The highest BCUT2D eigenvalue weighted by molar-refractivity contribution is 7.99. The molecule has 1 heterocycles. The summed E-state index contributed by atoms with van der Waals surface area (Å²) < 4.78 is 2.11. The molecule has 6 heteroatoms. The standard InChI is InChI=1S/C18H26N4OS/c1-11(2)17-20-21-18(22(17)12(3)4)24-10-16(23)19-15-8-13(5)7-14(6)9-15/h7-9,11-12H,10H2,1-6H3,(H,19,23). The van der Waals surface area contributed by atoms with E-state index in [-0.39, 0.29) is 11.9 Å². The average molecular weight is 347 g/mol. The predicted molar refractivity (Wildman–Crippen MR) is 99.8 cm³/mol. The van der Waals surface area contributed by atoms with Crippen LogP contribution in [-0.4, -0.2) is 26.4 Å². The van der Waals surface area contributed by atoms with Crippen LogP contribution in [0, 0.1) is 13.8 Å². The van der Waals surface area contributed by atoms with Gasteiger partial charge in [-0.2, -0.15) is 0 Å². The van der Waals surface area contributed by atoms with Gasteiger partial charge < -0.3 is 9.88 Å². The Labute approximate surface area is 148 Å². The first-order valence-corrected chi connectivity index (χ1v) is 9.22. The van der Waals surface area contributed by atoms with E-state index in [0.29, 0.717) is 11.7 Å². The van der Waals surface area contributed by atoms with E-state index in [9.17, 15) is 4.79 Å². The highest BCUT2D eigenvalue weighted by Gasteiger charge is 2.18. The molecule has 1 aromatic carbocycles. The minimum atomic E-state index is -0.0330. The summed E-state index contributed by atoms with van der Waals surface area (Å²) in [7, 11) is 0. The zero-order chi connectivity index (χ0) is 17.9. The Hall–Kier alpha value is -1.82. The van der Waals surface area contributed by atoms with Gasteiger partial charge >= 0.3 is 0 Å². The Morgan fingerprint density at radius 2 is 1.75 bits per heavy atom. The molecule has 1 amide bonds. The Kier molecular flexibility index (Phi) is 6.04. The topological polar surface area (TPSA) is 59.8 Å². The fourth-order valence-electron chi connectivity index (χ4n) is 2.64. The highest BCUT2D eigenvalue weighted by atomic mass is 32.2. The number of anilines is 1. The van der Waals surface area contributed by atoms with Gasteiger partial charge in [0.25, 0.3) is 0 Å². The first kappa shape index (κ1) is 18.5. The number of rotatable bonds is 6. The van der Waals surface area contributed by atoms with Gasteiger partial charge in [-0.05, 0) is 51.0 Å². The van der Waals surface area contributed by atoms with Crippen LogP contribution in [0.25, 0.3) is 0 Å². The minimum absolute atomic E-state index is 0.0330. The van der Waals surface area contributed by atoms with Gasteiger partial charge in [0, 0.05) is 17.6 Å². The maximum atomic E-state index is 12.2. The Morgan fingerprint density at radius 1 is 1.12 bits per heavy atom. The van der Waals surface area contributed by atoms with Crippen molar-refractivity contribution in [2.24, 2.45) is 0 Å². The summed E-state index contributed by atoms with van der Waals surface area (Å²) in [4.78, 5) is 12.2. The SMILES string of the molecule is Cc1cc(C)cc(NC(=O)CSc2nnc(C(C)C)n2C(C)C)c1. The van der Waals surface area contributed by atoms with E-state index in [0.717, 1.165) is 27.8 Å². The number of carbonyl (C=O) groups is 1. The molecule has 2 rings (SSSR count). The molecule has 0 atom stereocenters. The summed E-state index contributed by atoms with van der Waals surface area (Å²) in [6, 6.07) is 6.30.